The first-order chi connectivity index (χ1) is 15.9. The molecule has 0 unspecified atom stereocenters. The summed E-state index contributed by atoms with van der Waals surface area (Å²) in [4.78, 5) is 19.2. The molecule has 0 aliphatic carbocycles. The molecule has 3 aromatic rings. The fourth-order valence-corrected chi connectivity index (χ4v) is 3.96. The normalized spacial score (nSPS) is 14.8. The predicted octanol–water partition coefficient (Wildman–Crippen LogP) is 5.27. The van der Waals surface area contributed by atoms with Gasteiger partial charge >= 0.3 is 6.61 Å². The second-order valence-electron chi connectivity index (χ2n) is 6.93. The number of benzene rings is 2. The summed E-state index contributed by atoms with van der Waals surface area (Å²) in [6.07, 6.45) is 1.68. The molecule has 0 atom stereocenters. The smallest absolute Gasteiger partial charge is 0.387 e. The summed E-state index contributed by atoms with van der Waals surface area (Å²) < 4.78 is 39.8. The molecular weight excluding hydrogens is 452 g/mol. The van der Waals surface area contributed by atoms with Crippen molar-refractivity contribution in [3.8, 4) is 11.5 Å². The Hall–Kier alpha value is -3.66. The first-order valence-corrected chi connectivity index (χ1v) is 10.8. The highest BCUT2D eigenvalue weighted by Crippen LogP contribution is 2.32. The number of carbonyl (C=O) groups excluding carboxylic acids is 1. The quantitative estimate of drug-likeness (QED) is 0.437. The number of anilines is 1. The maximum absolute atomic E-state index is 13.2. The lowest BCUT2D eigenvalue weighted by atomic mass is 10.2. The average Bonchev–Trinajstić information content (AvgIpc) is 3.35. The first-order valence-electron chi connectivity index (χ1n) is 9.81. The van der Waals surface area contributed by atoms with Crippen molar-refractivity contribution in [1.82, 2.24) is 5.16 Å². The second-order valence-corrected chi connectivity index (χ2v) is 7.88. The van der Waals surface area contributed by atoms with Crippen molar-refractivity contribution in [1.29, 1.82) is 0 Å². The minimum Gasteiger partial charge on any atom is -0.497 e. The van der Waals surface area contributed by atoms with Gasteiger partial charge in [-0.05, 0) is 55.0 Å². The highest BCUT2D eigenvalue weighted by molar-refractivity contribution is 8.13. The largest absolute Gasteiger partial charge is 0.497 e. The number of alkyl halides is 2. The molecule has 10 heteroatoms. The summed E-state index contributed by atoms with van der Waals surface area (Å²) in [6.45, 7) is -1.11. The molecule has 2 aromatic carbocycles. The molecule has 33 heavy (non-hydrogen) atoms. The third kappa shape index (κ3) is 5.40. The van der Waals surface area contributed by atoms with Crippen molar-refractivity contribution in [2.75, 3.05) is 12.0 Å². The molecule has 0 radical (unpaired) electrons. The lowest BCUT2D eigenvalue weighted by molar-refractivity contribution is -0.113. The Morgan fingerprint density at radius 3 is 2.42 bits per heavy atom. The number of amidine groups is 1. The topological polar surface area (TPSA) is 77.2 Å². The summed E-state index contributed by atoms with van der Waals surface area (Å²) in [7, 11) is 1.58. The number of thioether (sulfide) groups is 1. The summed E-state index contributed by atoms with van der Waals surface area (Å²) in [6, 6.07) is 14.8. The molecule has 170 valence electrons. The van der Waals surface area contributed by atoms with Crippen LogP contribution in [-0.4, -0.2) is 30.0 Å². The summed E-state index contributed by atoms with van der Waals surface area (Å²) in [5.74, 6) is 1.40. The number of methoxy groups -OCH3 is 1. The number of rotatable bonds is 7. The maximum Gasteiger partial charge on any atom is 0.387 e. The molecule has 0 bridgehead atoms. The van der Waals surface area contributed by atoms with Gasteiger partial charge in [0.25, 0.3) is 5.91 Å². The minimum atomic E-state index is -2.93. The monoisotopic (exact) mass is 471 g/mol. The number of ether oxygens (including phenoxy) is 2. The molecule has 1 aromatic heterocycles. The fourth-order valence-electron chi connectivity index (χ4n) is 3.08. The van der Waals surface area contributed by atoms with E-state index in [4.69, 9.17) is 9.26 Å². The van der Waals surface area contributed by atoms with Gasteiger partial charge in [-0.2, -0.15) is 8.78 Å². The molecule has 1 aliphatic heterocycles. The minimum absolute atomic E-state index is 0.00216. The van der Waals surface area contributed by atoms with E-state index in [1.54, 1.807) is 31.4 Å². The van der Waals surface area contributed by atoms with Crippen molar-refractivity contribution in [3.05, 3.63) is 77.3 Å². The van der Waals surface area contributed by atoms with E-state index < -0.39 is 6.61 Å². The van der Waals surface area contributed by atoms with Crippen molar-refractivity contribution >= 4 is 34.6 Å². The number of aromatic nitrogens is 1. The zero-order valence-electron chi connectivity index (χ0n) is 17.7. The van der Waals surface area contributed by atoms with Gasteiger partial charge in [0, 0.05) is 6.07 Å². The van der Waals surface area contributed by atoms with Crippen LogP contribution >= 0.6 is 11.8 Å². The Morgan fingerprint density at radius 2 is 1.82 bits per heavy atom. The van der Waals surface area contributed by atoms with E-state index >= 15 is 0 Å². The number of aliphatic imine (C=N–C) groups is 1. The highest BCUT2D eigenvalue weighted by atomic mass is 32.2. The van der Waals surface area contributed by atoms with Gasteiger partial charge in [0.2, 0.25) is 0 Å². The van der Waals surface area contributed by atoms with Crippen molar-refractivity contribution in [3.63, 3.8) is 0 Å². The Bertz CT molecular complexity index is 1190. The van der Waals surface area contributed by atoms with Crippen molar-refractivity contribution in [2.45, 2.75) is 19.3 Å². The van der Waals surface area contributed by atoms with Crippen LogP contribution in [0.3, 0.4) is 0 Å². The van der Waals surface area contributed by atoms with Crippen molar-refractivity contribution < 1.29 is 27.6 Å². The molecule has 0 spiro atoms. The van der Waals surface area contributed by atoms with Crippen LogP contribution in [0.2, 0.25) is 0 Å². The van der Waals surface area contributed by atoms with E-state index in [-0.39, 0.29) is 17.4 Å². The lowest BCUT2D eigenvalue weighted by Crippen LogP contribution is -2.30. The van der Waals surface area contributed by atoms with Gasteiger partial charge < -0.3 is 14.0 Å². The SMILES string of the molecule is COc1ccc(/C=C2\N=C(SCc3cc(C)no3)N(c3ccc(OC(F)F)cc3)C2=O)cc1. The van der Waals surface area contributed by atoms with E-state index in [2.05, 4.69) is 14.9 Å². The van der Waals surface area contributed by atoms with Crippen molar-refractivity contribution in [2.24, 2.45) is 4.99 Å². The van der Waals surface area contributed by atoms with Crippen LogP contribution in [0.15, 0.2) is 69.8 Å². The van der Waals surface area contributed by atoms with Gasteiger partial charge in [-0.25, -0.2) is 4.99 Å². The van der Waals surface area contributed by atoms with Gasteiger partial charge in [-0.1, -0.05) is 29.1 Å². The van der Waals surface area contributed by atoms with Gasteiger partial charge in [-0.3, -0.25) is 9.69 Å². The molecule has 0 fully saturated rings. The number of nitrogens with zero attached hydrogens (tertiary/aromatic N) is 3. The van der Waals surface area contributed by atoms with E-state index in [9.17, 15) is 13.6 Å². The standard InChI is InChI=1S/C23H19F2N3O4S/c1-14-11-19(32-27-14)13-33-23-26-20(12-15-3-7-17(30-2)8-4-15)21(29)28(23)16-5-9-18(10-6-16)31-22(24)25/h3-12,22H,13H2,1-2H3/b20-12-. The number of aryl methyl sites for hydroxylation is 1. The molecule has 0 saturated heterocycles. The molecular formula is C23H19F2N3O4S. The molecule has 1 amide bonds. The molecule has 0 N–H and O–H groups in total. The van der Waals surface area contributed by atoms with Gasteiger partial charge in [0.05, 0.1) is 24.2 Å². The molecule has 0 saturated carbocycles. The van der Waals surface area contributed by atoms with Gasteiger partial charge in [-0.15, -0.1) is 0 Å². The number of carbonyl (C=O) groups is 1. The summed E-state index contributed by atoms with van der Waals surface area (Å²) in [5, 5.41) is 4.29. The second kappa shape index (κ2) is 9.86. The van der Waals surface area contributed by atoms with Crippen LogP contribution in [0.1, 0.15) is 17.0 Å². The Kier molecular flexibility index (Phi) is 6.74. The van der Waals surface area contributed by atoms with E-state index in [0.717, 1.165) is 11.3 Å². The Morgan fingerprint density at radius 1 is 1.12 bits per heavy atom. The molecule has 7 nitrogen and oxygen atoms in total. The number of amides is 1. The summed E-state index contributed by atoms with van der Waals surface area (Å²) >= 11 is 1.30. The number of hydrogen-bond acceptors (Lipinski definition) is 7. The Labute approximate surface area is 192 Å². The van der Waals surface area contributed by atoms with E-state index in [1.165, 1.54) is 40.9 Å². The zero-order chi connectivity index (χ0) is 23.4. The fraction of sp³-hybridized carbons (Fsp3) is 0.174. The van der Waals surface area contributed by atoms with Gasteiger partial charge in [0.1, 0.15) is 23.0 Å². The maximum atomic E-state index is 13.2. The van der Waals surface area contributed by atoms with Crippen LogP contribution in [0, 0.1) is 6.92 Å². The van der Waals surface area contributed by atoms with Crippen LogP contribution in [0.5, 0.6) is 11.5 Å². The molecule has 1 aliphatic rings. The zero-order valence-corrected chi connectivity index (χ0v) is 18.5. The van der Waals surface area contributed by atoms with E-state index in [1.807, 2.05) is 19.1 Å². The molecule has 2 heterocycles. The Balaban J connectivity index is 1.62. The lowest BCUT2D eigenvalue weighted by Gasteiger charge is -2.18. The average molecular weight is 471 g/mol. The highest BCUT2D eigenvalue weighted by Gasteiger charge is 2.32. The third-order valence-corrected chi connectivity index (χ3v) is 5.55. The summed E-state index contributed by atoms with van der Waals surface area (Å²) in [5.41, 5.74) is 2.24. The predicted molar refractivity (Wildman–Crippen MR) is 122 cm³/mol. The van der Waals surface area contributed by atoms with Crippen LogP contribution in [0.25, 0.3) is 6.08 Å². The van der Waals surface area contributed by atoms with Crippen LogP contribution < -0.4 is 14.4 Å². The molecule has 4 rings (SSSR count). The van der Waals surface area contributed by atoms with Crippen LogP contribution in [0.4, 0.5) is 14.5 Å². The number of halogens is 2. The first kappa shape index (κ1) is 22.5. The number of hydrogen-bond donors (Lipinski definition) is 0. The van der Waals surface area contributed by atoms with Gasteiger partial charge in [0.15, 0.2) is 5.17 Å². The van der Waals surface area contributed by atoms with Crippen LogP contribution in [-0.2, 0) is 10.5 Å². The third-order valence-electron chi connectivity index (χ3n) is 4.59. The van der Waals surface area contributed by atoms with E-state index in [0.29, 0.717) is 28.1 Å².